The quantitative estimate of drug-likeness (QED) is 0.678. The van der Waals surface area contributed by atoms with Gasteiger partial charge in [0.1, 0.15) is 11.9 Å². The molecule has 0 spiro atoms. The van der Waals surface area contributed by atoms with Crippen molar-refractivity contribution in [3.05, 3.63) is 30.3 Å². The lowest BCUT2D eigenvalue weighted by Gasteiger charge is -2.14. The Bertz CT molecular complexity index is 209. The van der Waals surface area contributed by atoms with E-state index in [-0.39, 0.29) is 6.10 Å². The molecule has 1 rings (SSSR count). The number of hydrogen-bond donors (Lipinski definition) is 2. The molecule has 0 saturated carbocycles. The van der Waals surface area contributed by atoms with Gasteiger partial charge in [0.05, 0.1) is 0 Å². The summed E-state index contributed by atoms with van der Waals surface area (Å²) in [6.45, 7) is 0.900. The van der Waals surface area contributed by atoms with Crippen LogP contribution in [0.4, 0.5) is 0 Å². The molecule has 0 unspecified atom stereocenters. The fraction of sp³-hybridized carbons (Fsp3) is 0.333. The number of nitrogens with two attached hydrogens (primary N) is 2. The van der Waals surface area contributed by atoms with E-state index in [1.807, 2.05) is 30.3 Å². The molecule has 0 fully saturated rings. The zero-order valence-corrected chi connectivity index (χ0v) is 6.94. The molecule has 1 aromatic carbocycles. The van der Waals surface area contributed by atoms with E-state index in [2.05, 4.69) is 0 Å². The molecule has 0 saturated heterocycles. The molecule has 0 heterocycles. The van der Waals surface area contributed by atoms with E-state index < -0.39 is 0 Å². The van der Waals surface area contributed by atoms with Crippen LogP contribution < -0.4 is 16.2 Å². The minimum absolute atomic E-state index is 0.0765. The van der Waals surface area contributed by atoms with Gasteiger partial charge in [-0.15, -0.1) is 0 Å². The molecule has 66 valence electrons. The maximum atomic E-state index is 5.46. The van der Waals surface area contributed by atoms with Crippen molar-refractivity contribution in [2.45, 2.75) is 6.10 Å². The average molecular weight is 166 g/mol. The predicted molar refractivity (Wildman–Crippen MR) is 49.0 cm³/mol. The Morgan fingerprint density at radius 3 is 2.17 bits per heavy atom. The third-order valence-corrected chi connectivity index (χ3v) is 1.57. The molecule has 0 aromatic heterocycles. The lowest BCUT2D eigenvalue weighted by Crippen LogP contribution is -2.34. The van der Waals surface area contributed by atoms with Crippen LogP contribution in [0, 0.1) is 0 Å². The minimum atomic E-state index is -0.0765. The Kier molecular flexibility index (Phi) is 3.57. The third-order valence-electron chi connectivity index (χ3n) is 1.57. The highest BCUT2D eigenvalue weighted by Crippen LogP contribution is 2.09. The van der Waals surface area contributed by atoms with Crippen LogP contribution in [0.2, 0.25) is 0 Å². The summed E-state index contributed by atoms with van der Waals surface area (Å²) in [7, 11) is 0. The Morgan fingerprint density at radius 1 is 1.08 bits per heavy atom. The lowest BCUT2D eigenvalue weighted by molar-refractivity contribution is 0.217. The monoisotopic (exact) mass is 166 g/mol. The van der Waals surface area contributed by atoms with Crippen LogP contribution in [-0.2, 0) is 0 Å². The SMILES string of the molecule is NCC(CN)Oc1ccccc1. The molecule has 0 amide bonds. The van der Waals surface area contributed by atoms with Crippen molar-refractivity contribution in [2.24, 2.45) is 11.5 Å². The van der Waals surface area contributed by atoms with E-state index >= 15 is 0 Å². The Labute approximate surface area is 72.3 Å². The maximum absolute atomic E-state index is 5.46. The summed E-state index contributed by atoms with van der Waals surface area (Å²) in [5.41, 5.74) is 10.9. The zero-order chi connectivity index (χ0) is 8.81. The van der Waals surface area contributed by atoms with Gasteiger partial charge in [-0.3, -0.25) is 0 Å². The van der Waals surface area contributed by atoms with Crippen LogP contribution in [0.3, 0.4) is 0 Å². The Balaban J connectivity index is 2.51. The summed E-state index contributed by atoms with van der Waals surface area (Å²) in [4.78, 5) is 0. The molecule has 3 nitrogen and oxygen atoms in total. The largest absolute Gasteiger partial charge is 0.488 e. The normalized spacial score (nSPS) is 10.2. The van der Waals surface area contributed by atoms with E-state index in [9.17, 15) is 0 Å². The minimum Gasteiger partial charge on any atom is -0.488 e. The van der Waals surface area contributed by atoms with Crippen LogP contribution in [0.1, 0.15) is 0 Å². The number of para-hydroxylation sites is 1. The van der Waals surface area contributed by atoms with Crippen LogP contribution in [0.5, 0.6) is 5.75 Å². The van der Waals surface area contributed by atoms with E-state index in [0.717, 1.165) is 5.75 Å². The van der Waals surface area contributed by atoms with Crippen molar-refractivity contribution in [1.82, 2.24) is 0 Å². The van der Waals surface area contributed by atoms with Crippen LogP contribution in [0.15, 0.2) is 30.3 Å². The summed E-state index contributed by atoms with van der Waals surface area (Å²) in [5.74, 6) is 0.818. The second-order valence-corrected chi connectivity index (χ2v) is 2.52. The molecule has 0 aliphatic rings. The molecule has 12 heavy (non-hydrogen) atoms. The van der Waals surface area contributed by atoms with Gasteiger partial charge < -0.3 is 16.2 Å². The standard InChI is InChI=1S/C9H14N2O/c10-6-9(7-11)12-8-4-2-1-3-5-8/h1-5,9H,6-7,10-11H2. The van der Waals surface area contributed by atoms with Gasteiger partial charge in [0, 0.05) is 13.1 Å². The van der Waals surface area contributed by atoms with E-state index in [1.54, 1.807) is 0 Å². The van der Waals surface area contributed by atoms with Gasteiger partial charge >= 0.3 is 0 Å². The van der Waals surface area contributed by atoms with Crippen molar-refractivity contribution >= 4 is 0 Å². The van der Waals surface area contributed by atoms with Crippen molar-refractivity contribution < 1.29 is 4.74 Å². The molecule has 0 aliphatic heterocycles. The highest BCUT2D eigenvalue weighted by atomic mass is 16.5. The first-order chi connectivity index (χ1) is 5.86. The second kappa shape index (κ2) is 4.74. The zero-order valence-electron chi connectivity index (χ0n) is 6.94. The van der Waals surface area contributed by atoms with Crippen LogP contribution in [0.25, 0.3) is 0 Å². The van der Waals surface area contributed by atoms with Crippen molar-refractivity contribution in [1.29, 1.82) is 0 Å². The lowest BCUT2D eigenvalue weighted by atomic mass is 10.3. The summed E-state index contributed by atoms with van der Waals surface area (Å²) >= 11 is 0. The van der Waals surface area contributed by atoms with Crippen molar-refractivity contribution in [3.63, 3.8) is 0 Å². The first-order valence-electron chi connectivity index (χ1n) is 3.98. The fourth-order valence-electron chi connectivity index (χ4n) is 0.884. The number of benzene rings is 1. The number of rotatable bonds is 4. The highest BCUT2D eigenvalue weighted by Gasteiger charge is 2.03. The topological polar surface area (TPSA) is 61.3 Å². The van der Waals surface area contributed by atoms with Gasteiger partial charge in [0.15, 0.2) is 0 Å². The third kappa shape index (κ3) is 2.53. The number of hydrogen-bond acceptors (Lipinski definition) is 3. The summed E-state index contributed by atoms with van der Waals surface area (Å²) in [6, 6.07) is 9.54. The van der Waals surface area contributed by atoms with Crippen LogP contribution in [-0.4, -0.2) is 19.2 Å². The molecular weight excluding hydrogens is 152 g/mol. The molecule has 0 bridgehead atoms. The Hall–Kier alpha value is -1.06. The summed E-state index contributed by atoms with van der Waals surface area (Å²) in [6.07, 6.45) is -0.0765. The van der Waals surface area contributed by atoms with E-state index in [4.69, 9.17) is 16.2 Å². The average Bonchev–Trinajstić information content (AvgIpc) is 2.16. The van der Waals surface area contributed by atoms with E-state index in [1.165, 1.54) is 0 Å². The van der Waals surface area contributed by atoms with Gasteiger partial charge in [-0.05, 0) is 12.1 Å². The van der Waals surface area contributed by atoms with Crippen molar-refractivity contribution in [3.8, 4) is 5.75 Å². The van der Waals surface area contributed by atoms with Gasteiger partial charge in [0.2, 0.25) is 0 Å². The number of ether oxygens (including phenoxy) is 1. The molecular formula is C9H14N2O. The molecule has 1 aromatic rings. The van der Waals surface area contributed by atoms with E-state index in [0.29, 0.717) is 13.1 Å². The highest BCUT2D eigenvalue weighted by molar-refractivity contribution is 5.21. The second-order valence-electron chi connectivity index (χ2n) is 2.52. The fourth-order valence-corrected chi connectivity index (χ4v) is 0.884. The van der Waals surface area contributed by atoms with Gasteiger partial charge in [-0.1, -0.05) is 18.2 Å². The molecule has 3 heteroatoms. The predicted octanol–water partition coefficient (Wildman–Crippen LogP) is 0.351. The smallest absolute Gasteiger partial charge is 0.123 e. The Morgan fingerprint density at radius 2 is 1.67 bits per heavy atom. The molecule has 4 N–H and O–H groups in total. The molecule has 0 radical (unpaired) electrons. The first kappa shape index (κ1) is 9.03. The molecule has 0 atom stereocenters. The maximum Gasteiger partial charge on any atom is 0.123 e. The summed E-state index contributed by atoms with van der Waals surface area (Å²) in [5, 5.41) is 0. The van der Waals surface area contributed by atoms with Crippen LogP contribution >= 0.6 is 0 Å². The van der Waals surface area contributed by atoms with Crippen molar-refractivity contribution in [2.75, 3.05) is 13.1 Å². The van der Waals surface area contributed by atoms with Gasteiger partial charge in [-0.25, -0.2) is 0 Å². The first-order valence-corrected chi connectivity index (χ1v) is 3.98. The summed E-state index contributed by atoms with van der Waals surface area (Å²) < 4.78 is 5.46. The van der Waals surface area contributed by atoms with Gasteiger partial charge in [-0.2, -0.15) is 0 Å². The van der Waals surface area contributed by atoms with Gasteiger partial charge in [0.25, 0.3) is 0 Å². The molecule has 0 aliphatic carbocycles.